The number of halogens is 1. The van der Waals surface area contributed by atoms with Crippen LogP contribution in [0.3, 0.4) is 0 Å². The fraction of sp³-hybridized carbons (Fsp3) is 0.350. The second-order valence-corrected chi connectivity index (χ2v) is 7.41. The lowest BCUT2D eigenvalue weighted by atomic mass is 10.2. The molecule has 1 saturated heterocycles. The van der Waals surface area contributed by atoms with Gasteiger partial charge in [0, 0.05) is 18.0 Å². The number of nitrogens with one attached hydrogen (secondary N) is 1. The van der Waals surface area contributed by atoms with Crippen molar-refractivity contribution in [3.05, 3.63) is 58.6 Å². The highest BCUT2D eigenvalue weighted by molar-refractivity contribution is 7.98. The van der Waals surface area contributed by atoms with Crippen molar-refractivity contribution in [3.63, 3.8) is 0 Å². The lowest BCUT2D eigenvalue weighted by molar-refractivity contribution is 0.0679. The van der Waals surface area contributed by atoms with Crippen molar-refractivity contribution in [2.75, 3.05) is 19.5 Å². The molecule has 1 fully saturated rings. The van der Waals surface area contributed by atoms with E-state index in [2.05, 4.69) is 5.32 Å². The van der Waals surface area contributed by atoms with Crippen LogP contribution in [0.15, 0.2) is 47.4 Å². The van der Waals surface area contributed by atoms with Crippen molar-refractivity contribution < 1.29 is 14.3 Å². The van der Waals surface area contributed by atoms with E-state index in [1.807, 2.05) is 42.7 Å². The van der Waals surface area contributed by atoms with Crippen LogP contribution in [0.25, 0.3) is 0 Å². The second kappa shape index (κ2) is 9.31. The average Bonchev–Trinajstić information content (AvgIpc) is 3.19. The Labute approximate surface area is 163 Å². The Bertz CT molecular complexity index is 745. The van der Waals surface area contributed by atoms with Crippen molar-refractivity contribution >= 4 is 29.3 Å². The molecule has 1 N–H and O–H groups in total. The first-order chi connectivity index (χ1) is 12.7. The number of amides is 1. The summed E-state index contributed by atoms with van der Waals surface area (Å²) in [7, 11) is 0. The Morgan fingerprint density at radius 3 is 2.81 bits per heavy atom. The first-order valence-corrected chi connectivity index (χ1v) is 10.2. The summed E-state index contributed by atoms with van der Waals surface area (Å²) in [6, 6.07) is 13.2. The zero-order valence-electron chi connectivity index (χ0n) is 14.7. The normalized spacial score (nSPS) is 16.5. The minimum atomic E-state index is -0.176. The Morgan fingerprint density at radius 1 is 1.31 bits per heavy atom. The highest BCUT2D eigenvalue weighted by Gasteiger charge is 2.16. The molecular formula is C20H22ClNO3S. The number of benzene rings is 2. The van der Waals surface area contributed by atoms with Crippen LogP contribution in [0.2, 0.25) is 5.02 Å². The summed E-state index contributed by atoms with van der Waals surface area (Å²) in [5, 5.41) is 3.37. The molecule has 6 heteroatoms. The summed E-state index contributed by atoms with van der Waals surface area (Å²) in [4.78, 5) is 13.4. The Kier molecular flexibility index (Phi) is 6.83. The molecule has 4 nitrogen and oxygen atoms in total. The molecule has 0 aromatic heterocycles. The van der Waals surface area contributed by atoms with Crippen molar-refractivity contribution in [1.29, 1.82) is 0 Å². The Hall–Kier alpha value is -1.69. The van der Waals surface area contributed by atoms with E-state index in [4.69, 9.17) is 21.1 Å². The van der Waals surface area contributed by atoms with Gasteiger partial charge in [0.1, 0.15) is 12.4 Å². The lowest BCUT2D eigenvalue weighted by Crippen LogP contribution is -2.23. The van der Waals surface area contributed by atoms with E-state index in [9.17, 15) is 4.79 Å². The summed E-state index contributed by atoms with van der Waals surface area (Å²) < 4.78 is 11.3. The van der Waals surface area contributed by atoms with Gasteiger partial charge in [0.2, 0.25) is 0 Å². The Balaban J connectivity index is 1.52. The summed E-state index contributed by atoms with van der Waals surface area (Å²) >= 11 is 7.72. The predicted octanol–water partition coefficient (Wildman–Crippen LogP) is 4.55. The third-order valence-electron chi connectivity index (χ3n) is 4.25. The molecule has 3 rings (SSSR count). The van der Waals surface area contributed by atoms with Gasteiger partial charge < -0.3 is 14.8 Å². The van der Waals surface area contributed by atoms with Gasteiger partial charge in [0.25, 0.3) is 5.91 Å². The number of hydrogen-bond acceptors (Lipinski definition) is 4. The van der Waals surface area contributed by atoms with Gasteiger partial charge in [-0.15, -0.1) is 11.8 Å². The topological polar surface area (TPSA) is 47.6 Å². The predicted molar refractivity (Wildman–Crippen MR) is 105 cm³/mol. The maximum absolute atomic E-state index is 12.4. The van der Waals surface area contributed by atoms with Gasteiger partial charge in [-0.2, -0.15) is 0 Å². The van der Waals surface area contributed by atoms with Gasteiger partial charge in [0.15, 0.2) is 0 Å². The summed E-state index contributed by atoms with van der Waals surface area (Å²) in [6.45, 7) is 1.85. The fourth-order valence-corrected chi connectivity index (χ4v) is 3.39. The molecule has 0 spiro atoms. The molecule has 0 aliphatic carbocycles. The molecule has 1 amide bonds. The van der Waals surface area contributed by atoms with E-state index in [1.165, 1.54) is 0 Å². The quantitative estimate of drug-likeness (QED) is 0.703. The van der Waals surface area contributed by atoms with Crippen molar-refractivity contribution in [2.24, 2.45) is 0 Å². The van der Waals surface area contributed by atoms with E-state index in [0.29, 0.717) is 23.7 Å². The zero-order chi connectivity index (χ0) is 18.4. The monoisotopic (exact) mass is 391 g/mol. The van der Waals surface area contributed by atoms with Crippen molar-refractivity contribution in [2.45, 2.75) is 30.4 Å². The zero-order valence-corrected chi connectivity index (χ0v) is 16.2. The largest absolute Gasteiger partial charge is 0.491 e. The van der Waals surface area contributed by atoms with Crippen LogP contribution in [0.1, 0.15) is 28.8 Å². The first-order valence-electron chi connectivity index (χ1n) is 8.61. The van der Waals surface area contributed by atoms with Crippen molar-refractivity contribution in [1.82, 2.24) is 5.32 Å². The highest BCUT2D eigenvalue weighted by atomic mass is 35.5. The van der Waals surface area contributed by atoms with Gasteiger partial charge in [-0.25, -0.2) is 0 Å². The molecule has 2 aromatic carbocycles. The van der Waals surface area contributed by atoms with Gasteiger partial charge in [-0.3, -0.25) is 4.79 Å². The molecule has 2 aromatic rings. The number of carbonyl (C=O) groups is 1. The van der Waals surface area contributed by atoms with Crippen LogP contribution < -0.4 is 10.1 Å². The number of ether oxygens (including phenoxy) is 2. The van der Waals surface area contributed by atoms with Gasteiger partial charge in [-0.05, 0) is 55.0 Å². The van der Waals surface area contributed by atoms with Crippen molar-refractivity contribution in [3.8, 4) is 5.75 Å². The number of rotatable bonds is 7. The van der Waals surface area contributed by atoms with Crippen LogP contribution in [0, 0.1) is 0 Å². The molecule has 0 saturated carbocycles. The maximum atomic E-state index is 12.4. The van der Waals surface area contributed by atoms with Crippen LogP contribution in [-0.4, -0.2) is 31.5 Å². The number of thioether (sulfide) groups is 1. The second-order valence-electron chi connectivity index (χ2n) is 6.12. The third-order valence-corrected chi connectivity index (χ3v) is 5.31. The van der Waals surface area contributed by atoms with Crippen LogP contribution >= 0.6 is 23.4 Å². The molecule has 0 bridgehead atoms. The minimum absolute atomic E-state index is 0.176. The molecule has 1 heterocycles. The van der Waals surface area contributed by atoms with E-state index in [-0.39, 0.29) is 12.0 Å². The van der Waals surface area contributed by atoms with Crippen LogP contribution in [0.5, 0.6) is 5.75 Å². The molecule has 1 atom stereocenters. The van der Waals surface area contributed by atoms with Gasteiger partial charge in [0.05, 0.1) is 16.7 Å². The minimum Gasteiger partial charge on any atom is -0.491 e. The number of hydrogen-bond donors (Lipinski definition) is 1. The smallest absolute Gasteiger partial charge is 0.253 e. The molecule has 1 unspecified atom stereocenters. The summed E-state index contributed by atoms with van der Waals surface area (Å²) in [6.07, 6.45) is 4.34. The van der Waals surface area contributed by atoms with Gasteiger partial charge >= 0.3 is 0 Å². The molecule has 1 aliphatic heterocycles. The van der Waals surface area contributed by atoms with E-state index in [0.717, 1.165) is 35.7 Å². The van der Waals surface area contributed by atoms with Crippen LogP contribution in [-0.2, 0) is 11.3 Å². The molecule has 1 aliphatic rings. The van der Waals surface area contributed by atoms with Crippen LogP contribution in [0.4, 0.5) is 0 Å². The van der Waals surface area contributed by atoms with E-state index >= 15 is 0 Å². The molecule has 26 heavy (non-hydrogen) atoms. The van der Waals surface area contributed by atoms with E-state index < -0.39 is 0 Å². The molecular weight excluding hydrogens is 370 g/mol. The summed E-state index contributed by atoms with van der Waals surface area (Å²) in [5.41, 5.74) is 1.50. The Morgan fingerprint density at radius 2 is 2.12 bits per heavy atom. The average molecular weight is 392 g/mol. The lowest BCUT2D eigenvalue weighted by Gasteiger charge is -2.12. The first kappa shape index (κ1) is 19.1. The van der Waals surface area contributed by atoms with Gasteiger partial charge in [-0.1, -0.05) is 23.7 Å². The fourth-order valence-electron chi connectivity index (χ4n) is 2.75. The highest BCUT2D eigenvalue weighted by Crippen LogP contribution is 2.23. The maximum Gasteiger partial charge on any atom is 0.253 e. The summed E-state index contributed by atoms with van der Waals surface area (Å²) in [5.74, 6) is 0.635. The SMILES string of the molecule is CSc1ccc(Cl)c(C(=O)NCc2ccc(OCC3CCCO3)cc2)c1. The molecule has 138 valence electrons. The molecule has 0 radical (unpaired) electrons. The number of carbonyl (C=O) groups excluding carboxylic acids is 1. The third kappa shape index (κ3) is 5.16. The van der Waals surface area contributed by atoms with E-state index in [1.54, 1.807) is 17.8 Å². The standard InChI is InChI=1S/C20H22ClNO3S/c1-26-17-8-9-19(21)18(11-17)20(23)22-12-14-4-6-15(7-5-14)25-13-16-3-2-10-24-16/h4-9,11,16H,2-3,10,12-13H2,1H3,(H,22,23).